The van der Waals surface area contributed by atoms with Crippen molar-refractivity contribution in [3.8, 4) is 0 Å². The maximum absolute atomic E-state index is 11.9. The van der Waals surface area contributed by atoms with Gasteiger partial charge in [0.15, 0.2) is 5.89 Å². The molecule has 0 bridgehead atoms. The number of carboxylic acids is 1. The normalized spacial score (nSPS) is 23.0. The van der Waals surface area contributed by atoms with Gasteiger partial charge in [0, 0.05) is 13.0 Å². The summed E-state index contributed by atoms with van der Waals surface area (Å²) in [6, 6.07) is -0.0941. The number of amides is 1. The maximum atomic E-state index is 11.9. The van der Waals surface area contributed by atoms with Crippen molar-refractivity contribution in [2.75, 3.05) is 0 Å². The summed E-state index contributed by atoms with van der Waals surface area (Å²) in [5, 5.41) is 11.7. The van der Waals surface area contributed by atoms with Crippen molar-refractivity contribution in [3.05, 3.63) is 17.3 Å². The maximum Gasteiger partial charge on any atom is 0.306 e. The fourth-order valence-corrected chi connectivity index (χ4v) is 2.33. The molecule has 2 unspecified atom stereocenters. The van der Waals surface area contributed by atoms with Crippen molar-refractivity contribution in [1.29, 1.82) is 0 Å². The largest absolute Gasteiger partial charge is 0.481 e. The second kappa shape index (κ2) is 4.80. The lowest BCUT2D eigenvalue weighted by Crippen LogP contribution is -2.33. The molecule has 2 rings (SSSR count). The number of carboxylic acid groups (broad SMARTS) is 1. The molecule has 1 aromatic heterocycles. The minimum atomic E-state index is -0.793. The van der Waals surface area contributed by atoms with E-state index < -0.39 is 5.97 Å². The first-order valence-corrected chi connectivity index (χ1v) is 5.95. The van der Waals surface area contributed by atoms with Crippen LogP contribution in [0.5, 0.6) is 0 Å². The first-order chi connectivity index (χ1) is 8.47. The predicted molar refractivity (Wildman–Crippen MR) is 62.2 cm³/mol. The molecule has 0 saturated heterocycles. The van der Waals surface area contributed by atoms with Crippen molar-refractivity contribution in [1.82, 2.24) is 10.3 Å². The first kappa shape index (κ1) is 12.6. The van der Waals surface area contributed by atoms with E-state index in [4.69, 9.17) is 9.52 Å². The highest BCUT2D eigenvalue weighted by Crippen LogP contribution is 2.26. The lowest BCUT2D eigenvalue weighted by Gasteiger charge is -2.11. The monoisotopic (exact) mass is 252 g/mol. The highest BCUT2D eigenvalue weighted by atomic mass is 16.4. The highest BCUT2D eigenvalue weighted by Gasteiger charge is 2.31. The van der Waals surface area contributed by atoms with Gasteiger partial charge in [-0.25, -0.2) is 4.98 Å². The van der Waals surface area contributed by atoms with Crippen LogP contribution in [0.15, 0.2) is 4.42 Å². The van der Waals surface area contributed by atoms with Crippen molar-refractivity contribution in [2.24, 2.45) is 5.92 Å². The molecule has 1 amide bonds. The third-order valence-corrected chi connectivity index (χ3v) is 3.23. The van der Waals surface area contributed by atoms with Gasteiger partial charge in [0.05, 0.1) is 11.6 Å². The Morgan fingerprint density at radius 1 is 1.39 bits per heavy atom. The average molecular weight is 252 g/mol. The van der Waals surface area contributed by atoms with E-state index in [1.54, 1.807) is 13.8 Å². The number of hydrogen-bond donors (Lipinski definition) is 2. The number of nitrogens with zero attached hydrogens (tertiary/aromatic N) is 1. The third-order valence-electron chi connectivity index (χ3n) is 3.23. The molecule has 6 heteroatoms. The van der Waals surface area contributed by atoms with Crippen LogP contribution in [0.1, 0.15) is 41.4 Å². The number of carbonyl (C=O) groups excluding carboxylic acids is 1. The van der Waals surface area contributed by atoms with Crippen LogP contribution in [0.25, 0.3) is 0 Å². The molecule has 0 aliphatic heterocycles. The number of aryl methyl sites for hydroxylation is 2. The van der Waals surface area contributed by atoms with Crippen LogP contribution in [0.2, 0.25) is 0 Å². The lowest BCUT2D eigenvalue weighted by atomic mass is 10.1. The Labute approximate surface area is 104 Å². The molecule has 2 atom stereocenters. The molecule has 2 N–H and O–H groups in total. The van der Waals surface area contributed by atoms with E-state index >= 15 is 0 Å². The zero-order valence-corrected chi connectivity index (χ0v) is 10.4. The summed E-state index contributed by atoms with van der Waals surface area (Å²) in [7, 11) is 0. The number of aliphatic carboxylic acids is 1. The molecule has 1 aliphatic rings. The molecule has 6 nitrogen and oxygen atoms in total. The van der Waals surface area contributed by atoms with Gasteiger partial charge in [-0.3, -0.25) is 9.59 Å². The van der Waals surface area contributed by atoms with Gasteiger partial charge in [-0.15, -0.1) is 0 Å². The van der Waals surface area contributed by atoms with Crippen molar-refractivity contribution < 1.29 is 19.1 Å². The standard InChI is InChI=1S/C12H16N2O4/c1-6-10(18-7(2)13-6)11(15)14-9-4-3-8(5-9)12(16)17/h8-9H,3-5H2,1-2H3,(H,14,15)(H,16,17). The van der Waals surface area contributed by atoms with Crippen LogP contribution in [0, 0.1) is 19.8 Å². The highest BCUT2D eigenvalue weighted by molar-refractivity contribution is 5.92. The molecule has 0 aromatic carbocycles. The van der Waals surface area contributed by atoms with Crippen molar-refractivity contribution >= 4 is 11.9 Å². The third kappa shape index (κ3) is 2.52. The van der Waals surface area contributed by atoms with Crippen LogP contribution < -0.4 is 5.32 Å². The van der Waals surface area contributed by atoms with Crippen LogP contribution in [-0.4, -0.2) is 28.0 Å². The summed E-state index contributed by atoms with van der Waals surface area (Å²) in [5.41, 5.74) is 0.554. The predicted octanol–water partition coefficient (Wildman–Crippen LogP) is 1.27. The smallest absolute Gasteiger partial charge is 0.306 e. The summed E-state index contributed by atoms with van der Waals surface area (Å²) in [6.07, 6.45) is 1.77. The molecule has 1 aromatic rings. The Bertz CT molecular complexity index is 480. The molecule has 1 aliphatic carbocycles. The Kier molecular flexibility index (Phi) is 3.36. The van der Waals surface area contributed by atoms with Gasteiger partial charge in [0.1, 0.15) is 0 Å². The van der Waals surface area contributed by atoms with Crippen LogP contribution in [0.3, 0.4) is 0 Å². The number of oxazole rings is 1. The summed E-state index contributed by atoms with van der Waals surface area (Å²) < 4.78 is 5.22. The summed E-state index contributed by atoms with van der Waals surface area (Å²) in [6.45, 7) is 3.39. The summed E-state index contributed by atoms with van der Waals surface area (Å²) in [4.78, 5) is 26.8. The minimum absolute atomic E-state index is 0.0941. The van der Waals surface area contributed by atoms with Crippen LogP contribution in [0.4, 0.5) is 0 Å². The number of hydrogen-bond acceptors (Lipinski definition) is 4. The first-order valence-electron chi connectivity index (χ1n) is 5.95. The molecule has 0 radical (unpaired) electrons. The number of rotatable bonds is 3. The van der Waals surface area contributed by atoms with E-state index in [1.807, 2.05) is 0 Å². The molecular weight excluding hydrogens is 236 g/mol. The van der Waals surface area contributed by atoms with Crippen molar-refractivity contribution in [2.45, 2.75) is 39.2 Å². The molecule has 18 heavy (non-hydrogen) atoms. The summed E-state index contributed by atoms with van der Waals surface area (Å²) in [5.74, 6) is -0.797. The number of aromatic nitrogens is 1. The number of nitrogens with one attached hydrogen (secondary N) is 1. The molecule has 1 fully saturated rings. The fraction of sp³-hybridized carbons (Fsp3) is 0.583. The average Bonchev–Trinajstić information content (AvgIpc) is 2.85. The summed E-state index contributed by atoms with van der Waals surface area (Å²) >= 11 is 0. The molecule has 0 spiro atoms. The van der Waals surface area contributed by atoms with E-state index in [0.29, 0.717) is 30.8 Å². The van der Waals surface area contributed by atoms with Gasteiger partial charge in [0.2, 0.25) is 5.76 Å². The van der Waals surface area contributed by atoms with E-state index in [0.717, 1.165) is 0 Å². The van der Waals surface area contributed by atoms with Gasteiger partial charge < -0.3 is 14.8 Å². The van der Waals surface area contributed by atoms with E-state index in [-0.39, 0.29) is 23.6 Å². The molecule has 98 valence electrons. The van der Waals surface area contributed by atoms with Gasteiger partial charge in [-0.1, -0.05) is 0 Å². The zero-order chi connectivity index (χ0) is 13.3. The quantitative estimate of drug-likeness (QED) is 0.845. The second-order valence-electron chi connectivity index (χ2n) is 4.67. The van der Waals surface area contributed by atoms with Gasteiger partial charge in [0.25, 0.3) is 5.91 Å². The Morgan fingerprint density at radius 3 is 2.61 bits per heavy atom. The van der Waals surface area contributed by atoms with Gasteiger partial charge in [-0.2, -0.15) is 0 Å². The number of carbonyl (C=O) groups is 2. The Hall–Kier alpha value is -1.85. The topological polar surface area (TPSA) is 92.4 Å². The van der Waals surface area contributed by atoms with E-state index in [2.05, 4.69) is 10.3 Å². The minimum Gasteiger partial charge on any atom is -0.481 e. The van der Waals surface area contributed by atoms with E-state index in [1.165, 1.54) is 0 Å². The van der Waals surface area contributed by atoms with Gasteiger partial charge >= 0.3 is 5.97 Å². The molecular formula is C12H16N2O4. The SMILES string of the molecule is Cc1nc(C)c(C(=O)NC2CCC(C(=O)O)C2)o1. The van der Waals surface area contributed by atoms with Crippen LogP contribution >= 0.6 is 0 Å². The zero-order valence-electron chi connectivity index (χ0n) is 10.4. The lowest BCUT2D eigenvalue weighted by molar-refractivity contribution is -0.141. The van der Waals surface area contributed by atoms with Crippen molar-refractivity contribution in [3.63, 3.8) is 0 Å². The molecule has 1 heterocycles. The fourth-order valence-electron chi connectivity index (χ4n) is 2.33. The molecule has 1 saturated carbocycles. The Balaban J connectivity index is 1.97. The Morgan fingerprint density at radius 2 is 2.11 bits per heavy atom. The van der Waals surface area contributed by atoms with Crippen LogP contribution in [-0.2, 0) is 4.79 Å². The van der Waals surface area contributed by atoms with E-state index in [9.17, 15) is 9.59 Å². The van der Waals surface area contributed by atoms with Gasteiger partial charge in [-0.05, 0) is 26.2 Å². The second-order valence-corrected chi connectivity index (χ2v) is 4.67.